The predicted octanol–water partition coefficient (Wildman–Crippen LogP) is 3.67. The third kappa shape index (κ3) is 2.62. The molecule has 0 aliphatic carbocycles. The molecule has 4 heteroatoms. The fourth-order valence-electron chi connectivity index (χ4n) is 2.24. The Labute approximate surface area is 129 Å². The molecule has 104 valence electrons. The number of hydrogen-bond donors (Lipinski definition) is 1. The quantitative estimate of drug-likeness (QED) is 0.665. The molecule has 0 saturated heterocycles. The first-order valence-electron chi connectivity index (χ1n) is 6.61. The van der Waals surface area contributed by atoms with Crippen molar-refractivity contribution in [2.24, 2.45) is 4.99 Å². The standard InChI is InChI=1S/C17H14N2OS/c1-12-7-5-6-10-15(12)19-16(20)14(18-17(19)21)11-13-8-3-2-4-9-13/h2-11H,1H3,(H,18,21)/b14-11-. The highest BCUT2D eigenvalue weighted by Gasteiger charge is 2.30. The van der Waals surface area contributed by atoms with Gasteiger partial charge in [0.2, 0.25) is 0 Å². The van der Waals surface area contributed by atoms with Gasteiger partial charge in [-0.15, -0.1) is 12.6 Å². The molecule has 0 spiro atoms. The molecule has 0 fully saturated rings. The topological polar surface area (TPSA) is 32.7 Å². The van der Waals surface area contributed by atoms with E-state index in [0.717, 1.165) is 16.8 Å². The molecule has 1 heterocycles. The van der Waals surface area contributed by atoms with Gasteiger partial charge < -0.3 is 0 Å². The number of carbonyl (C=O) groups is 1. The zero-order valence-electron chi connectivity index (χ0n) is 11.5. The monoisotopic (exact) mass is 294 g/mol. The summed E-state index contributed by atoms with van der Waals surface area (Å²) in [5.74, 6) is -0.154. The maximum absolute atomic E-state index is 12.6. The molecule has 0 N–H and O–H groups in total. The smallest absolute Gasteiger partial charge is 0.266 e. The Morgan fingerprint density at radius 3 is 2.43 bits per heavy atom. The molecule has 0 aromatic heterocycles. The molecule has 2 aromatic rings. The van der Waals surface area contributed by atoms with Gasteiger partial charge in [0.15, 0.2) is 5.17 Å². The Hall–Kier alpha value is -2.33. The van der Waals surface area contributed by atoms with E-state index < -0.39 is 0 Å². The largest absolute Gasteiger partial charge is 0.283 e. The zero-order chi connectivity index (χ0) is 14.8. The lowest BCUT2D eigenvalue weighted by Gasteiger charge is -2.17. The van der Waals surface area contributed by atoms with Gasteiger partial charge in [-0.2, -0.15) is 0 Å². The lowest BCUT2D eigenvalue weighted by Crippen LogP contribution is -2.29. The van der Waals surface area contributed by atoms with E-state index in [-0.39, 0.29) is 5.91 Å². The van der Waals surface area contributed by atoms with E-state index in [1.54, 1.807) is 6.08 Å². The minimum absolute atomic E-state index is 0.154. The maximum Gasteiger partial charge on any atom is 0.283 e. The number of nitrogens with zero attached hydrogens (tertiary/aromatic N) is 2. The molecular formula is C17H14N2OS. The molecule has 1 aliphatic rings. The van der Waals surface area contributed by atoms with E-state index >= 15 is 0 Å². The van der Waals surface area contributed by atoms with Crippen molar-refractivity contribution in [3.05, 3.63) is 71.4 Å². The fraction of sp³-hybridized carbons (Fsp3) is 0.0588. The highest BCUT2D eigenvalue weighted by atomic mass is 32.1. The number of thiol groups is 1. The number of amides is 1. The van der Waals surface area contributed by atoms with Gasteiger partial charge in [-0.3, -0.25) is 9.69 Å². The van der Waals surface area contributed by atoms with E-state index in [1.807, 2.05) is 61.5 Å². The first kappa shape index (κ1) is 13.6. The molecule has 3 nitrogen and oxygen atoms in total. The fourth-order valence-corrected chi connectivity index (χ4v) is 2.55. The van der Waals surface area contributed by atoms with Crippen LogP contribution in [0, 0.1) is 6.92 Å². The highest BCUT2D eigenvalue weighted by Crippen LogP contribution is 2.28. The Kier molecular flexibility index (Phi) is 3.62. The second kappa shape index (κ2) is 5.58. The summed E-state index contributed by atoms with van der Waals surface area (Å²) in [7, 11) is 0. The molecule has 21 heavy (non-hydrogen) atoms. The molecule has 0 radical (unpaired) electrons. The number of hydrogen-bond acceptors (Lipinski definition) is 2. The van der Waals surface area contributed by atoms with E-state index in [2.05, 4.69) is 17.6 Å². The second-order valence-electron chi connectivity index (χ2n) is 4.78. The minimum Gasteiger partial charge on any atom is -0.266 e. The van der Waals surface area contributed by atoms with Crippen LogP contribution in [-0.2, 0) is 4.79 Å². The van der Waals surface area contributed by atoms with Crippen LogP contribution in [0.5, 0.6) is 0 Å². The van der Waals surface area contributed by atoms with Gasteiger partial charge in [-0.05, 0) is 30.2 Å². The van der Waals surface area contributed by atoms with Crippen molar-refractivity contribution in [3.8, 4) is 0 Å². The first-order chi connectivity index (χ1) is 10.2. The van der Waals surface area contributed by atoms with Gasteiger partial charge >= 0.3 is 0 Å². The molecule has 0 bridgehead atoms. The van der Waals surface area contributed by atoms with Gasteiger partial charge in [0, 0.05) is 0 Å². The third-order valence-corrected chi connectivity index (χ3v) is 3.60. The van der Waals surface area contributed by atoms with Crippen molar-refractivity contribution >= 4 is 35.5 Å². The summed E-state index contributed by atoms with van der Waals surface area (Å²) >= 11 is 4.35. The van der Waals surface area contributed by atoms with Crippen LogP contribution in [0.25, 0.3) is 6.08 Å². The average molecular weight is 294 g/mol. The molecule has 3 rings (SSSR count). The molecule has 0 saturated carbocycles. The van der Waals surface area contributed by atoms with Crippen LogP contribution in [-0.4, -0.2) is 11.1 Å². The van der Waals surface area contributed by atoms with Crippen molar-refractivity contribution in [2.45, 2.75) is 6.92 Å². The third-order valence-electron chi connectivity index (χ3n) is 3.30. The predicted molar refractivity (Wildman–Crippen MR) is 89.5 cm³/mol. The number of benzene rings is 2. The minimum atomic E-state index is -0.154. The van der Waals surface area contributed by atoms with Crippen LogP contribution in [0.4, 0.5) is 5.69 Å². The van der Waals surface area contributed by atoms with Crippen molar-refractivity contribution in [1.82, 2.24) is 0 Å². The normalized spacial score (nSPS) is 16.5. The van der Waals surface area contributed by atoms with E-state index in [9.17, 15) is 4.79 Å². The Bertz CT molecular complexity index is 750. The van der Waals surface area contributed by atoms with Crippen LogP contribution in [0.15, 0.2) is 65.3 Å². The molecule has 2 aromatic carbocycles. The van der Waals surface area contributed by atoms with Crippen molar-refractivity contribution < 1.29 is 4.79 Å². The van der Waals surface area contributed by atoms with Gasteiger partial charge in [0.05, 0.1) is 5.69 Å². The van der Waals surface area contributed by atoms with Crippen LogP contribution in [0.1, 0.15) is 11.1 Å². The molecule has 1 aliphatic heterocycles. The van der Waals surface area contributed by atoms with Crippen LogP contribution in [0.3, 0.4) is 0 Å². The van der Waals surface area contributed by atoms with Crippen LogP contribution in [0.2, 0.25) is 0 Å². The number of rotatable bonds is 2. The summed E-state index contributed by atoms with van der Waals surface area (Å²) in [5, 5.41) is 0.400. The number of amidine groups is 1. The summed E-state index contributed by atoms with van der Waals surface area (Å²) in [5.41, 5.74) is 3.16. The van der Waals surface area contributed by atoms with Gasteiger partial charge in [0.25, 0.3) is 5.91 Å². The second-order valence-corrected chi connectivity index (χ2v) is 5.18. The highest BCUT2D eigenvalue weighted by molar-refractivity contribution is 7.97. The Balaban J connectivity index is 1.99. The van der Waals surface area contributed by atoms with Gasteiger partial charge in [-0.25, -0.2) is 4.99 Å². The first-order valence-corrected chi connectivity index (χ1v) is 7.06. The number of anilines is 1. The molecule has 1 amide bonds. The average Bonchev–Trinajstić information content (AvgIpc) is 2.76. The summed E-state index contributed by atoms with van der Waals surface area (Å²) < 4.78 is 0. The van der Waals surface area contributed by atoms with Gasteiger partial charge in [0.1, 0.15) is 5.70 Å². The van der Waals surface area contributed by atoms with E-state index in [1.165, 1.54) is 4.90 Å². The summed E-state index contributed by atoms with van der Waals surface area (Å²) in [6.07, 6.45) is 1.77. The lowest BCUT2D eigenvalue weighted by molar-refractivity contribution is -0.113. The molecular weight excluding hydrogens is 280 g/mol. The summed E-state index contributed by atoms with van der Waals surface area (Å²) in [4.78, 5) is 18.4. The summed E-state index contributed by atoms with van der Waals surface area (Å²) in [6.45, 7) is 1.96. The number of aliphatic imine (C=N–C) groups is 1. The summed E-state index contributed by atoms with van der Waals surface area (Å²) in [6, 6.07) is 17.4. The van der Waals surface area contributed by atoms with E-state index in [0.29, 0.717) is 10.9 Å². The van der Waals surface area contributed by atoms with Crippen LogP contribution >= 0.6 is 12.6 Å². The number of para-hydroxylation sites is 1. The van der Waals surface area contributed by atoms with Gasteiger partial charge in [-0.1, -0.05) is 48.5 Å². The number of aryl methyl sites for hydroxylation is 1. The molecule has 0 atom stereocenters. The van der Waals surface area contributed by atoms with E-state index in [4.69, 9.17) is 0 Å². The van der Waals surface area contributed by atoms with Crippen molar-refractivity contribution in [1.29, 1.82) is 0 Å². The molecule has 0 unspecified atom stereocenters. The number of carbonyl (C=O) groups excluding carboxylic acids is 1. The Morgan fingerprint density at radius 2 is 1.71 bits per heavy atom. The zero-order valence-corrected chi connectivity index (χ0v) is 12.4. The van der Waals surface area contributed by atoms with Crippen LogP contribution < -0.4 is 4.90 Å². The maximum atomic E-state index is 12.6. The Morgan fingerprint density at radius 1 is 1.05 bits per heavy atom. The van der Waals surface area contributed by atoms with Crippen molar-refractivity contribution in [3.63, 3.8) is 0 Å². The van der Waals surface area contributed by atoms with Crippen molar-refractivity contribution in [2.75, 3.05) is 4.90 Å². The lowest BCUT2D eigenvalue weighted by atomic mass is 10.1. The SMILES string of the molecule is Cc1ccccc1N1C(=O)/C(=C/c2ccccc2)N=C1S.